The summed E-state index contributed by atoms with van der Waals surface area (Å²) in [6, 6.07) is 1.79. The molecule has 0 radical (unpaired) electrons. The number of carboxylic acid groups (broad SMARTS) is 1. The van der Waals surface area contributed by atoms with Crippen LogP contribution in [-0.2, 0) is 6.54 Å². The van der Waals surface area contributed by atoms with E-state index >= 15 is 0 Å². The van der Waals surface area contributed by atoms with Gasteiger partial charge in [-0.3, -0.25) is 0 Å². The molecular weight excluding hydrogens is 266 g/mol. The Morgan fingerprint density at radius 2 is 2.39 bits per heavy atom. The highest BCUT2D eigenvalue weighted by molar-refractivity contribution is 8.00. The molecule has 1 aromatic heterocycles. The fourth-order valence-electron chi connectivity index (χ4n) is 2.24. The topological polar surface area (TPSA) is 49.3 Å². The SMILES string of the molecule is Cc1sc(C(=O)O)cc1CNCC1(C)CCCS1. The Hall–Kier alpha value is -0.520. The van der Waals surface area contributed by atoms with Gasteiger partial charge in [-0.2, -0.15) is 11.8 Å². The minimum atomic E-state index is -0.826. The van der Waals surface area contributed by atoms with Crippen LogP contribution in [0.4, 0.5) is 0 Å². The number of thiophene rings is 1. The summed E-state index contributed by atoms with van der Waals surface area (Å²) in [5.41, 5.74) is 1.11. The van der Waals surface area contributed by atoms with Gasteiger partial charge in [0.05, 0.1) is 0 Å². The molecule has 0 aliphatic carbocycles. The van der Waals surface area contributed by atoms with Gasteiger partial charge in [0.2, 0.25) is 0 Å². The summed E-state index contributed by atoms with van der Waals surface area (Å²) in [5.74, 6) is 0.436. The molecule has 5 heteroatoms. The van der Waals surface area contributed by atoms with Gasteiger partial charge >= 0.3 is 5.97 Å². The zero-order chi connectivity index (χ0) is 13.2. The third-order valence-corrected chi connectivity index (χ3v) is 5.97. The van der Waals surface area contributed by atoms with Crippen molar-refractivity contribution in [2.45, 2.75) is 38.0 Å². The second-order valence-corrected chi connectivity index (χ2v) is 7.94. The van der Waals surface area contributed by atoms with Crippen LogP contribution in [0.5, 0.6) is 0 Å². The number of aromatic carboxylic acids is 1. The number of thioether (sulfide) groups is 1. The molecule has 0 aromatic carbocycles. The van der Waals surface area contributed by atoms with Crippen LogP contribution < -0.4 is 5.32 Å². The Bertz CT molecular complexity index is 436. The number of aryl methyl sites for hydroxylation is 1. The van der Waals surface area contributed by atoms with Gasteiger partial charge in [-0.25, -0.2) is 4.79 Å². The van der Waals surface area contributed by atoms with E-state index in [4.69, 9.17) is 5.11 Å². The molecule has 1 atom stereocenters. The molecule has 2 N–H and O–H groups in total. The first kappa shape index (κ1) is 13.9. The Kier molecular flexibility index (Phi) is 4.35. The third-order valence-electron chi connectivity index (χ3n) is 3.35. The van der Waals surface area contributed by atoms with Crippen LogP contribution >= 0.6 is 23.1 Å². The summed E-state index contributed by atoms with van der Waals surface area (Å²) >= 11 is 3.40. The molecule has 0 amide bonds. The Balaban J connectivity index is 1.88. The highest BCUT2D eigenvalue weighted by Crippen LogP contribution is 2.37. The van der Waals surface area contributed by atoms with E-state index < -0.39 is 5.97 Å². The normalized spacial score (nSPS) is 23.4. The van der Waals surface area contributed by atoms with Crippen molar-refractivity contribution in [3.05, 3.63) is 21.4 Å². The molecule has 2 heterocycles. The molecular formula is C13H19NO2S2. The first-order valence-electron chi connectivity index (χ1n) is 6.17. The summed E-state index contributed by atoms with van der Waals surface area (Å²) in [5, 5.41) is 12.4. The molecule has 3 nitrogen and oxygen atoms in total. The van der Waals surface area contributed by atoms with Crippen LogP contribution in [0.15, 0.2) is 6.07 Å². The van der Waals surface area contributed by atoms with E-state index in [-0.39, 0.29) is 0 Å². The van der Waals surface area contributed by atoms with Gasteiger partial charge in [-0.05, 0) is 44.1 Å². The predicted octanol–water partition coefficient (Wildman–Crippen LogP) is 3.13. The van der Waals surface area contributed by atoms with Crippen LogP contribution in [0, 0.1) is 6.92 Å². The molecule has 1 saturated heterocycles. The van der Waals surface area contributed by atoms with Crippen molar-refractivity contribution in [2.24, 2.45) is 0 Å². The molecule has 0 spiro atoms. The fraction of sp³-hybridized carbons (Fsp3) is 0.615. The second kappa shape index (κ2) is 5.63. The summed E-state index contributed by atoms with van der Waals surface area (Å²) in [4.78, 5) is 12.4. The molecule has 1 fully saturated rings. The fourth-order valence-corrected chi connectivity index (χ4v) is 4.39. The zero-order valence-electron chi connectivity index (χ0n) is 10.8. The van der Waals surface area contributed by atoms with Gasteiger partial charge < -0.3 is 10.4 Å². The smallest absolute Gasteiger partial charge is 0.345 e. The maximum atomic E-state index is 10.9. The van der Waals surface area contributed by atoms with Crippen LogP contribution in [0.1, 0.15) is 39.9 Å². The number of nitrogens with one attached hydrogen (secondary N) is 1. The van der Waals surface area contributed by atoms with Crippen molar-refractivity contribution in [2.75, 3.05) is 12.3 Å². The first-order valence-corrected chi connectivity index (χ1v) is 7.98. The lowest BCUT2D eigenvalue weighted by Gasteiger charge is -2.22. The minimum absolute atomic E-state index is 0.361. The standard InChI is InChI=1S/C13H19NO2S2/c1-9-10(6-11(18-9)12(15)16)7-14-8-13(2)4-3-5-17-13/h6,14H,3-5,7-8H2,1-2H3,(H,15,16). The second-order valence-electron chi connectivity index (χ2n) is 5.00. The number of rotatable bonds is 5. The van der Waals surface area contributed by atoms with Crippen molar-refractivity contribution in [3.63, 3.8) is 0 Å². The van der Waals surface area contributed by atoms with Crippen LogP contribution in [-0.4, -0.2) is 28.1 Å². The Morgan fingerprint density at radius 3 is 2.94 bits per heavy atom. The number of carbonyl (C=O) groups is 1. The summed E-state index contributed by atoms with van der Waals surface area (Å²) < 4.78 is 0.361. The van der Waals surface area contributed by atoms with Gasteiger partial charge in [-0.15, -0.1) is 11.3 Å². The van der Waals surface area contributed by atoms with E-state index in [9.17, 15) is 4.79 Å². The van der Waals surface area contributed by atoms with Gasteiger partial charge in [0.25, 0.3) is 0 Å². The molecule has 1 aromatic rings. The number of hydrogen-bond acceptors (Lipinski definition) is 4. The maximum Gasteiger partial charge on any atom is 0.345 e. The highest BCUT2D eigenvalue weighted by atomic mass is 32.2. The molecule has 1 aliphatic heterocycles. The lowest BCUT2D eigenvalue weighted by molar-refractivity contribution is 0.0702. The molecule has 1 unspecified atom stereocenters. The monoisotopic (exact) mass is 285 g/mol. The molecule has 2 rings (SSSR count). The predicted molar refractivity (Wildman–Crippen MR) is 77.8 cm³/mol. The third kappa shape index (κ3) is 3.28. The maximum absolute atomic E-state index is 10.9. The number of carboxylic acids is 1. The summed E-state index contributed by atoms with van der Waals surface area (Å²) in [7, 11) is 0. The van der Waals surface area contributed by atoms with Gasteiger partial charge in [0, 0.05) is 22.7 Å². The minimum Gasteiger partial charge on any atom is -0.477 e. The molecule has 100 valence electrons. The van der Waals surface area contributed by atoms with Crippen molar-refractivity contribution in [3.8, 4) is 0 Å². The van der Waals surface area contributed by atoms with E-state index in [2.05, 4.69) is 12.2 Å². The van der Waals surface area contributed by atoms with Crippen LogP contribution in [0.2, 0.25) is 0 Å². The first-order chi connectivity index (χ1) is 8.50. The quantitative estimate of drug-likeness (QED) is 0.872. The Morgan fingerprint density at radius 1 is 1.61 bits per heavy atom. The van der Waals surface area contributed by atoms with Crippen molar-refractivity contribution in [1.29, 1.82) is 0 Å². The zero-order valence-corrected chi connectivity index (χ0v) is 12.4. The largest absolute Gasteiger partial charge is 0.477 e. The lowest BCUT2D eigenvalue weighted by atomic mass is 10.1. The average molecular weight is 285 g/mol. The van der Waals surface area contributed by atoms with E-state index in [1.807, 2.05) is 18.7 Å². The van der Waals surface area contributed by atoms with Gasteiger partial charge in [0.1, 0.15) is 4.88 Å². The van der Waals surface area contributed by atoms with Gasteiger partial charge in [0.15, 0.2) is 0 Å². The summed E-state index contributed by atoms with van der Waals surface area (Å²) in [6.07, 6.45) is 2.58. The van der Waals surface area contributed by atoms with Crippen molar-refractivity contribution in [1.82, 2.24) is 5.32 Å². The van der Waals surface area contributed by atoms with E-state index in [1.54, 1.807) is 6.07 Å². The average Bonchev–Trinajstić information content (AvgIpc) is 2.87. The lowest BCUT2D eigenvalue weighted by Crippen LogP contribution is -2.32. The van der Waals surface area contributed by atoms with E-state index in [0.29, 0.717) is 9.62 Å². The molecule has 0 bridgehead atoms. The van der Waals surface area contributed by atoms with Crippen molar-refractivity contribution >= 4 is 29.1 Å². The van der Waals surface area contributed by atoms with Gasteiger partial charge in [-0.1, -0.05) is 0 Å². The van der Waals surface area contributed by atoms with E-state index in [0.717, 1.165) is 23.5 Å². The summed E-state index contributed by atoms with van der Waals surface area (Å²) in [6.45, 7) is 6.06. The van der Waals surface area contributed by atoms with E-state index in [1.165, 1.54) is 29.9 Å². The highest BCUT2D eigenvalue weighted by Gasteiger charge is 2.28. The number of hydrogen-bond donors (Lipinski definition) is 2. The van der Waals surface area contributed by atoms with Crippen molar-refractivity contribution < 1.29 is 9.90 Å². The van der Waals surface area contributed by atoms with Crippen LogP contribution in [0.3, 0.4) is 0 Å². The van der Waals surface area contributed by atoms with Crippen LogP contribution in [0.25, 0.3) is 0 Å². The molecule has 0 saturated carbocycles. The molecule has 1 aliphatic rings. The Labute approximate surface area is 116 Å². The molecule has 18 heavy (non-hydrogen) atoms.